The first kappa shape index (κ1) is 13.0. The standard InChI is InChI=1S/C17H14N2O2/c18-13-9-16(20-14-5-2-1-3-6-14)11-17(10-13)21-15-7-4-8-19-12-15/h1-12H,18H2/p+1. The van der Waals surface area contributed by atoms with Gasteiger partial charge >= 0.3 is 0 Å². The lowest BCUT2D eigenvalue weighted by atomic mass is 10.3. The van der Waals surface area contributed by atoms with Gasteiger partial charge in [0.1, 0.15) is 17.2 Å². The summed E-state index contributed by atoms with van der Waals surface area (Å²) in [4.78, 5) is 2.96. The van der Waals surface area contributed by atoms with Crippen LogP contribution < -0.4 is 20.2 Å². The first-order valence-corrected chi connectivity index (χ1v) is 6.57. The van der Waals surface area contributed by atoms with Gasteiger partial charge in [-0.1, -0.05) is 18.2 Å². The number of hydrogen-bond donors (Lipinski definition) is 1. The lowest BCUT2D eigenvalue weighted by Crippen LogP contribution is -1.99. The zero-order valence-electron chi connectivity index (χ0n) is 11.3. The highest BCUT2D eigenvalue weighted by Crippen LogP contribution is 2.30. The van der Waals surface area contributed by atoms with Crippen molar-refractivity contribution < 1.29 is 14.5 Å². The molecule has 0 saturated heterocycles. The molecule has 0 aliphatic heterocycles. The van der Waals surface area contributed by atoms with E-state index in [2.05, 4.69) is 4.98 Å². The van der Waals surface area contributed by atoms with E-state index in [0.717, 1.165) is 5.75 Å². The van der Waals surface area contributed by atoms with Crippen LogP contribution in [0.1, 0.15) is 0 Å². The van der Waals surface area contributed by atoms with Gasteiger partial charge in [-0.3, -0.25) is 0 Å². The van der Waals surface area contributed by atoms with Crippen LogP contribution in [0.2, 0.25) is 0 Å². The number of nitrogen functional groups attached to an aromatic ring is 1. The van der Waals surface area contributed by atoms with Crippen LogP contribution in [-0.2, 0) is 0 Å². The summed E-state index contributed by atoms with van der Waals surface area (Å²) in [5.41, 5.74) is 6.48. The number of aromatic amines is 1. The topological polar surface area (TPSA) is 58.6 Å². The molecule has 0 spiro atoms. The van der Waals surface area contributed by atoms with Crippen molar-refractivity contribution in [1.82, 2.24) is 0 Å². The average molecular weight is 279 g/mol. The van der Waals surface area contributed by atoms with Crippen molar-refractivity contribution in [2.75, 3.05) is 5.73 Å². The van der Waals surface area contributed by atoms with Crippen LogP contribution in [0.15, 0.2) is 73.1 Å². The summed E-state index contributed by atoms with van der Waals surface area (Å²) >= 11 is 0. The van der Waals surface area contributed by atoms with Crippen molar-refractivity contribution in [1.29, 1.82) is 0 Å². The Labute approximate surface area is 122 Å². The molecule has 4 heteroatoms. The molecule has 3 N–H and O–H groups in total. The normalized spacial score (nSPS) is 10.1. The van der Waals surface area contributed by atoms with Crippen LogP contribution in [0.5, 0.6) is 23.0 Å². The minimum atomic E-state index is 0.582. The molecule has 0 bridgehead atoms. The molecular weight excluding hydrogens is 264 g/mol. The number of H-pyrrole nitrogens is 1. The Morgan fingerprint density at radius 3 is 2.05 bits per heavy atom. The number of hydrogen-bond acceptors (Lipinski definition) is 3. The van der Waals surface area contributed by atoms with Crippen molar-refractivity contribution in [3.63, 3.8) is 0 Å². The van der Waals surface area contributed by atoms with Crippen LogP contribution in [0.25, 0.3) is 0 Å². The first-order chi connectivity index (χ1) is 10.3. The number of para-hydroxylation sites is 1. The fourth-order valence-electron chi connectivity index (χ4n) is 1.91. The third-order valence-electron chi connectivity index (χ3n) is 2.80. The van der Waals surface area contributed by atoms with E-state index in [9.17, 15) is 0 Å². The summed E-state index contributed by atoms with van der Waals surface area (Å²) in [6.07, 6.45) is 3.58. The van der Waals surface area contributed by atoms with Crippen LogP contribution in [0.4, 0.5) is 5.69 Å². The molecule has 0 saturated carbocycles. The highest BCUT2D eigenvalue weighted by Gasteiger charge is 2.05. The third kappa shape index (κ3) is 3.51. The fraction of sp³-hybridized carbons (Fsp3) is 0. The predicted molar refractivity (Wildman–Crippen MR) is 80.4 cm³/mol. The van der Waals surface area contributed by atoms with Gasteiger partial charge in [-0.05, 0) is 18.2 Å². The molecule has 0 unspecified atom stereocenters. The summed E-state index contributed by atoms with van der Waals surface area (Å²) in [6, 6.07) is 18.6. The quantitative estimate of drug-likeness (QED) is 0.741. The maximum absolute atomic E-state index is 5.90. The molecule has 21 heavy (non-hydrogen) atoms. The Bertz CT molecular complexity index is 656. The second-order valence-corrected chi connectivity index (χ2v) is 4.49. The monoisotopic (exact) mass is 279 g/mol. The summed E-state index contributed by atoms with van der Waals surface area (Å²) in [5, 5.41) is 0. The lowest BCUT2D eigenvalue weighted by Gasteiger charge is -2.09. The van der Waals surface area contributed by atoms with E-state index in [-0.39, 0.29) is 0 Å². The van der Waals surface area contributed by atoms with Crippen LogP contribution in [0, 0.1) is 0 Å². The maximum Gasteiger partial charge on any atom is 0.210 e. The van der Waals surface area contributed by atoms with E-state index in [1.165, 1.54) is 0 Å². The number of anilines is 1. The summed E-state index contributed by atoms with van der Waals surface area (Å²) in [6.45, 7) is 0. The van der Waals surface area contributed by atoms with E-state index in [1.807, 2.05) is 48.7 Å². The molecule has 4 nitrogen and oxygen atoms in total. The maximum atomic E-state index is 5.90. The molecule has 1 heterocycles. The van der Waals surface area contributed by atoms with Crippen molar-refractivity contribution >= 4 is 5.69 Å². The molecule has 0 aliphatic rings. The largest absolute Gasteiger partial charge is 0.457 e. The van der Waals surface area contributed by atoms with Crippen molar-refractivity contribution in [3.8, 4) is 23.0 Å². The highest BCUT2D eigenvalue weighted by molar-refractivity contribution is 5.52. The predicted octanol–water partition coefficient (Wildman–Crippen LogP) is 3.67. The number of pyridine rings is 1. The van der Waals surface area contributed by atoms with E-state index < -0.39 is 0 Å². The number of nitrogens with two attached hydrogens (primary N) is 1. The van der Waals surface area contributed by atoms with Crippen LogP contribution in [0.3, 0.4) is 0 Å². The van der Waals surface area contributed by atoms with E-state index in [0.29, 0.717) is 22.9 Å². The molecule has 0 fully saturated rings. The molecule has 0 atom stereocenters. The van der Waals surface area contributed by atoms with E-state index >= 15 is 0 Å². The average Bonchev–Trinajstić information content (AvgIpc) is 2.48. The van der Waals surface area contributed by atoms with Gasteiger partial charge in [0.05, 0.1) is 0 Å². The number of ether oxygens (including phenoxy) is 2. The molecule has 3 rings (SSSR count). The third-order valence-corrected chi connectivity index (χ3v) is 2.80. The highest BCUT2D eigenvalue weighted by atomic mass is 16.5. The molecule has 1 aromatic heterocycles. The zero-order valence-corrected chi connectivity index (χ0v) is 11.3. The number of nitrogens with one attached hydrogen (secondary N) is 1. The van der Waals surface area contributed by atoms with Gasteiger partial charge in [-0.15, -0.1) is 0 Å². The second-order valence-electron chi connectivity index (χ2n) is 4.49. The van der Waals surface area contributed by atoms with Crippen molar-refractivity contribution in [3.05, 3.63) is 73.1 Å². The molecule has 0 aliphatic carbocycles. The minimum Gasteiger partial charge on any atom is -0.457 e. The first-order valence-electron chi connectivity index (χ1n) is 6.57. The number of rotatable bonds is 4. The Morgan fingerprint density at radius 1 is 0.714 bits per heavy atom. The summed E-state index contributed by atoms with van der Waals surface area (Å²) in [5.74, 6) is 2.72. The molecule has 2 aromatic carbocycles. The van der Waals surface area contributed by atoms with Crippen molar-refractivity contribution in [2.45, 2.75) is 0 Å². The SMILES string of the molecule is Nc1cc(Oc2ccccc2)cc(Oc2ccc[nH+]c2)c1. The van der Waals surface area contributed by atoms with Crippen molar-refractivity contribution in [2.24, 2.45) is 0 Å². The van der Waals surface area contributed by atoms with Crippen LogP contribution >= 0.6 is 0 Å². The van der Waals surface area contributed by atoms with E-state index in [1.54, 1.807) is 24.4 Å². The Morgan fingerprint density at radius 2 is 1.38 bits per heavy atom. The molecular formula is C17H15N2O2+. The van der Waals surface area contributed by atoms with Gasteiger partial charge in [0.15, 0.2) is 11.9 Å². The summed E-state index contributed by atoms with van der Waals surface area (Å²) < 4.78 is 11.5. The van der Waals surface area contributed by atoms with Gasteiger partial charge < -0.3 is 15.2 Å². The fourth-order valence-corrected chi connectivity index (χ4v) is 1.91. The zero-order chi connectivity index (χ0) is 14.5. The Kier molecular flexibility index (Phi) is 3.69. The lowest BCUT2D eigenvalue weighted by molar-refractivity contribution is -0.378. The molecule has 0 amide bonds. The second kappa shape index (κ2) is 5.96. The molecule has 3 aromatic rings. The number of aromatic nitrogens is 1. The van der Waals surface area contributed by atoms with Crippen LogP contribution in [-0.4, -0.2) is 0 Å². The van der Waals surface area contributed by atoms with Gasteiger partial charge in [-0.25, -0.2) is 4.98 Å². The number of benzene rings is 2. The Hall–Kier alpha value is -3.01. The van der Waals surface area contributed by atoms with Gasteiger partial charge in [0.2, 0.25) is 6.20 Å². The summed E-state index contributed by atoms with van der Waals surface area (Å²) in [7, 11) is 0. The van der Waals surface area contributed by atoms with Gasteiger partial charge in [-0.2, -0.15) is 0 Å². The van der Waals surface area contributed by atoms with Gasteiger partial charge in [0.25, 0.3) is 0 Å². The minimum absolute atomic E-state index is 0.582. The smallest absolute Gasteiger partial charge is 0.210 e. The van der Waals surface area contributed by atoms with Gasteiger partial charge in [0, 0.05) is 30.0 Å². The molecule has 0 radical (unpaired) electrons. The molecule has 104 valence electrons. The Balaban J connectivity index is 1.83. The van der Waals surface area contributed by atoms with E-state index in [4.69, 9.17) is 15.2 Å².